The molecule has 0 saturated heterocycles. The van der Waals surface area contributed by atoms with Crippen LogP contribution in [0.2, 0.25) is 20.1 Å². The van der Waals surface area contributed by atoms with Crippen LogP contribution in [-0.2, 0) is 0 Å². The second-order valence-corrected chi connectivity index (χ2v) is 11.5. The fourth-order valence-corrected chi connectivity index (χ4v) is 6.45. The van der Waals surface area contributed by atoms with E-state index in [0.717, 1.165) is 20.1 Å². The van der Waals surface area contributed by atoms with E-state index in [1.165, 1.54) is 6.92 Å². The topological polar surface area (TPSA) is 47.3 Å². The van der Waals surface area contributed by atoms with Crippen LogP contribution >= 0.6 is 91.6 Å². The predicted molar refractivity (Wildman–Crippen MR) is 154 cm³/mol. The van der Waals surface area contributed by atoms with E-state index in [1.807, 2.05) is 42.5 Å². The van der Waals surface area contributed by atoms with Crippen molar-refractivity contribution in [2.24, 2.45) is 0 Å². The van der Waals surface area contributed by atoms with E-state index in [4.69, 9.17) is 50.8 Å². The normalized spacial score (nSPS) is 11.6. The Labute approximate surface area is 237 Å². The Morgan fingerprint density at radius 1 is 0.818 bits per heavy atom. The van der Waals surface area contributed by atoms with Crippen LogP contribution in [0.15, 0.2) is 21.3 Å². The number of aryl methyl sites for hydroxylation is 1. The van der Waals surface area contributed by atoms with Gasteiger partial charge >= 0.3 is 0 Å². The van der Waals surface area contributed by atoms with E-state index in [2.05, 4.69) is 22.6 Å². The largest absolute Gasteiger partial charge is 0.455 e. The number of halogens is 6. The highest BCUT2D eigenvalue weighted by molar-refractivity contribution is 14.1. The first-order chi connectivity index (χ1) is 15.4. The number of fused-ring (bicyclic) bond motifs is 2. The van der Waals surface area contributed by atoms with Gasteiger partial charge in [-0.25, -0.2) is 0 Å². The van der Waals surface area contributed by atoms with Crippen LogP contribution in [0.25, 0.3) is 33.4 Å². The average Bonchev–Trinajstić information content (AvgIpc) is 2.76. The van der Waals surface area contributed by atoms with Crippen molar-refractivity contribution in [3.05, 3.63) is 71.8 Å². The Bertz CT molecular complexity index is 1560. The summed E-state index contributed by atoms with van der Waals surface area (Å²) in [5.41, 5.74) is 4.66. The molecular formula is C24H14Cl4I2O3. The third-order valence-corrected chi connectivity index (χ3v) is 9.53. The molecule has 3 nitrogen and oxygen atoms in total. The molecule has 0 atom stereocenters. The molecule has 170 valence electrons. The van der Waals surface area contributed by atoms with E-state index in [1.54, 1.807) is 13.0 Å². The van der Waals surface area contributed by atoms with Crippen molar-refractivity contribution >= 4 is 108 Å². The van der Waals surface area contributed by atoms with Crippen LogP contribution in [-0.4, -0.2) is 5.78 Å². The molecule has 0 spiro atoms. The van der Waals surface area contributed by atoms with Gasteiger partial charge in [-0.15, -0.1) is 0 Å². The van der Waals surface area contributed by atoms with E-state index in [9.17, 15) is 9.59 Å². The molecule has 0 fully saturated rings. The number of Topliss-reactive ketones (excluding diaryl/α,β-unsaturated/α-hetero) is 1. The van der Waals surface area contributed by atoms with Crippen LogP contribution < -0.4 is 5.43 Å². The summed E-state index contributed by atoms with van der Waals surface area (Å²) >= 11 is 30.3. The molecule has 0 amide bonds. The number of carbonyl (C=O) groups is 1. The summed E-state index contributed by atoms with van der Waals surface area (Å²) in [7, 11) is 0. The van der Waals surface area contributed by atoms with Gasteiger partial charge in [-0.1, -0.05) is 46.4 Å². The standard InChI is InChI=1S/C24H14Cl4I2O3/c1-7-8(2)23-11(5-13(7)29)16(12-6-14(30)22(32)9(3)24(12)33-23)17-15(10(4)31)18(25)20(27)21(28)19(17)26/h5-6H,1-4H3. The molecule has 1 heterocycles. The summed E-state index contributed by atoms with van der Waals surface area (Å²) in [5, 5.41) is 0.928. The van der Waals surface area contributed by atoms with Crippen molar-refractivity contribution in [2.75, 3.05) is 0 Å². The lowest BCUT2D eigenvalue weighted by molar-refractivity contribution is 0.101. The molecule has 0 bridgehead atoms. The minimum atomic E-state index is -0.317. The molecule has 33 heavy (non-hydrogen) atoms. The van der Waals surface area contributed by atoms with Crippen molar-refractivity contribution in [3.63, 3.8) is 0 Å². The minimum absolute atomic E-state index is 0.0146. The molecule has 0 saturated carbocycles. The fourth-order valence-electron chi connectivity index (χ4n) is 3.94. The summed E-state index contributed by atoms with van der Waals surface area (Å²) in [5.74, 6) is 0.0994. The predicted octanol–water partition coefficient (Wildman–Crippen LogP) is 9.52. The summed E-state index contributed by atoms with van der Waals surface area (Å²) in [6, 6.07) is 3.71. The lowest BCUT2D eigenvalue weighted by Gasteiger charge is -2.22. The number of ketones is 1. The van der Waals surface area contributed by atoms with Gasteiger partial charge in [-0.05, 0) is 96.1 Å². The maximum Gasteiger partial charge on any atom is 0.198 e. The lowest BCUT2D eigenvalue weighted by atomic mass is 9.87. The molecule has 2 aliphatic rings. The van der Waals surface area contributed by atoms with Gasteiger partial charge < -0.3 is 4.42 Å². The highest BCUT2D eigenvalue weighted by Gasteiger charge is 2.30. The Hall–Kier alpha value is -0.580. The summed E-state index contributed by atoms with van der Waals surface area (Å²) < 4.78 is 7.86. The van der Waals surface area contributed by atoms with Crippen LogP contribution in [0.1, 0.15) is 34.0 Å². The van der Waals surface area contributed by atoms with Crippen LogP contribution in [0, 0.1) is 27.9 Å². The fraction of sp³-hybridized carbons (Fsp3) is 0.167. The number of benzene rings is 3. The summed E-state index contributed by atoms with van der Waals surface area (Å²) in [4.78, 5) is 25.6. The van der Waals surface area contributed by atoms with Crippen molar-refractivity contribution in [3.8, 4) is 22.5 Å². The van der Waals surface area contributed by atoms with Gasteiger partial charge in [0.05, 0.1) is 23.7 Å². The lowest BCUT2D eigenvalue weighted by Crippen LogP contribution is -2.12. The van der Waals surface area contributed by atoms with Crippen molar-refractivity contribution in [2.45, 2.75) is 27.7 Å². The SMILES string of the molecule is CC(=O)c1c(Cl)c(Cl)c(Cl)c(Cl)c1-c1c2cc(I)c(=O)c(C)c-2oc2c(C)c(C)c(I)cc12. The van der Waals surface area contributed by atoms with Crippen molar-refractivity contribution in [1.82, 2.24) is 0 Å². The van der Waals surface area contributed by atoms with Gasteiger partial charge in [0.2, 0.25) is 0 Å². The van der Waals surface area contributed by atoms with Gasteiger partial charge in [0.25, 0.3) is 0 Å². The summed E-state index contributed by atoms with van der Waals surface area (Å²) in [6.45, 7) is 7.07. The molecule has 2 aromatic carbocycles. The number of hydrogen-bond donors (Lipinski definition) is 0. The molecule has 1 aliphatic heterocycles. The third kappa shape index (κ3) is 3.91. The van der Waals surface area contributed by atoms with E-state index >= 15 is 0 Å². The third-order valence-electron chi connectivity index (χ3n) is 5.80. The van der Waals surface area contributed by atoms with E-state index in [-0.39, 0.29) is 36.9 Å². The minimum Gasteiger partial charge on any atom is -0.455 e. The van der Waals surface area contributed by atoms with E-state index in [0.29, 0.717) is 37.2 Å². The quantitative estimate of drug-likeness (QED) is 0.0676. The van der Waals surface area contributed by atoms with Crippen LogP contribution in [0.4, 0.5) is 0 Å². The van der Waals surface area contributed by atoms with E-state index < -0.39 is 0 Å². The monoisotopic (exact) mass is 744 g/mol. The number of hydrogen-bond acceptors (Lipinski definition) is 3. The highest BCUT2D eigenvalue weighted by atomic mass is 127. The molecule has 2 aromatic rings. The van der Waals surface area contributed by atoms with Gasteiger partial charge in [0.15, 0.2) is 11.2 Å². The molecule has 1 aliphatic carbocycles. The van der Waals surface area contributed by atoms with Gasteiger partial charge in [0, 0.05) is 36.8 Å². The second kappa shape index (κ2) is 9.13. The number of carbonyl (C=O) groups excluding carboxylic acids is 1. The zero-order valence-electron chi connectivity index (χ0n) is 17.6. The van der Waals surface area contributed by atoms with Crippen LogP contribution in [0.3, 0.4) is 0 Å². The molecule has 9 heteroatoms. The zero-order valence-corrected chi connectivity index (χ0v) is 25.0. The molecular weight excluding hydrogens is 732 g/mol. The molecule has 0 unspecified atom stereocenters. The molecule has 0 radical (unpaired) electrons. The molecule has 0 aromatic heterocycles. The highest BCUT2D eigenvalue weighted by Crippen LogP contribution is 2.51. The Morgan fingerprint density at radius 2 is 1.42 bits per heavy atom. The average molecular weight is 746 g/mol. The first-order valence-electron chi connectivity index (χ1n) is 9.61. The van der Waals surface area contributed by atoms with Gasteiger partial charge in [-0.2, -0.15) is 0 Å². The Kier molecular flexibility index (Phi) is 7.06. The van der Waals surface area contributed by atoms with Gasteiger partial charge in [0.1, 0.15) is 11.3 Å². The van der Waals surface area contributed by atoms with Gasteiger partial charge in [-0.3, -0.25) is 9.59 Å². The molecule has 0 N–H and O–H groups in total. The smallest absolute Gasteiger partial charge is 0.198 e. The maximum atomic E-state index is 12.8. The number of rotatable bonds is 2. The second-order valence-electron chi connectivity index (χ2n) is 7.71. The van der Waals surface area contributed by atoms with Crippen molar-refractivity contribution < 1.29 is 9.21 Å². The Morgan fingerprint density at radius 3 is 2.03 bits per heavy atom. The maximum absolute atomic E-state index is 12.8. The summed E-state index contributed by atoms with van der Waals surface area (Å²) in [6.07, 6.45) is 0. The van der Waals surface area contributed by atoms with Crippen LogP contribution in [0.5, 0.6) is 0 Å². The first kappa shape index (κ1) is 25.5. The molecule has 4 rings (SSSR count). The Balaban J connectivity index is 2.43. The zero-order chi connectivity index (χ0) is 24.5. The first-order valence-corrected chi connectivity index (χ1v) is 13.3. The van der Waals surface area contributed by atoms with Crippen molar-refractivity contribution in [1.29, 1.82) is 0 Å².